The Morgan fingerprint density at radius 2 is 1.60 bits per heavy atom. The van der Waals surface area contributed by atoms with Crippen LogP contribution in [0.5, 0.6) is 5.75 Å². The number of fused-ring (bicyclic) bond motifs is 2. The smallest absolute Gasteiger partial charge is 0.336 e. The number of rotatable bonds is 23. The van der Waals surface area contributed by atoms with Crippen LogP contribution in [0.3, 0.4) is 0 Å². The standard InChI is InChI=1S/C39H44N2O12S2/c42-26-6-9-30-33(22-26)53-34-23-27(52-24-36(44)40-13-15-50-17-19-51-18-16-49-14-11-37(45)46)7-10-31(34)38(30)32-21-25(5-8-29(32)39(47)48)41-35(43)4-2-1-3-28-12-20-54-55-28/h5-10,21-23,28H,1-4,11-20,24H2,(H,40,44)(H,41,43)(H,45,46)(H,47,48). The van der Waals surface area contributed by atoms with Gasteiger partial charge >= 0.3 is 11.9 Å². The van der Waals surface area contributed by atoms with Crippen LogP contribution >= 0.6 is 21.6 Å². The Kier molecular flexibility index (Phi) is 16.2. The number of aliphatic carboxylic acids is 1. The van der Waals surface area contributed by atoms with Gasteiger partial charge in [0.15, 0.2) is 12.0 Å². The molecule has 1 unspecified atom stereocenters. The molecule has 2 amide bonds. The minimum absolute atomic E-state index is 0.00185. The van der Waals surface area contributed by atoms with Gasteiger partial charge < -0.3 is 44.2 Å². The Balaban J connectivity index is 1.20. The first kappa shape index (κ1) is 41.6. The van der Waals surface area contributed by atoms with E-state index < -0.39 is 11.9 Å². The molecule has 4 N–H and O–H groups in total. The van der Waals surface area contributed by atoms with Crippen LogP contribution in [0.2, 0.25) is 0 Å². The Hall–Kier alpha value is -4.61. The molecule has 14 nitrogen and oxygen atoms in total. The molecule has 16 heteroatoms. The topological polar surface area (TPSA) is 200 Å². The van der Waals surface area contributed by atoms with E-state index in [4.69, 9.17) is 28.5 Å². The molecule has 0 radical (unpaired) electrons. The molecular weight excluding hydrogens is 753 g/mol. The lowest BCUT2D eigenvalue weighted by atomic mass is 9.90. The highest BCUT2D eigenvalue weighted by Crippen LogP contribution is 2.43. The van der Waals surface area contributed by atoms with E-state index in [2.05, 4.69) is 10.6 Å². The van der Waals surface area contributed by atoms with Crippen LogP contribution in [-0.4, -0.2) is 97.8 Å². The summed E-state index contributed by atoms with van der Waals surface area (Å²) in [6.07, 6.45) is 4.30. The predicted octanol–water partition coefficient (Wildman–Crippen LogP) is 5.94. The molecule has 1 atom stereocenters. The number of ether oxygens (including phenoxy) is 4. The van der Waals surface area contributed by atoms with Crippen LogP contribution in [0.25, 0.3) is 33.4 Å². The third-order valence-corrected chi connectivity index (χ3v) is 11.5. The number of hydrogen-bond acceptors (Lipinski definition) is 12. The minimum atomic E-state index is -1.17. The van der Waals surface area contributed by atoms with Crippen molar-refractivity contribution in [2.75, 3.05) is 63.9 Å². The van der Waals surface area contributed by atoms with Gasteiger partial charge in [0, 0.05) is 58.3 Å². The first-order chi connectivity index (χ1) is 26.7. The van der Waals surface area contributed by atoms with E-state index in [9.17, 15) is 29.1 Å². The molecular formula is C39H44N2O12S2. The second kappa shape index (κ2) is 21.5. The van der Waals surface area contributed by atoms with Crippen molar-refractivity contribution >= 4 is 62.0 Å². The third-order valence-electron chi connectivity index (χ3n) is 8.52. The summed E-state index contributed by atoms with van der Waals surface area (Å²) >= 11 is 0. The number of carbonyl (C=O) groups excluding carboxylic acids is 2. The van der Waals surface area contributed by atoms with E-state index in [1.54, 1.807) is 36.4 Å². The van der Waals surface area contributed by atoms with Gasteiger partial charge in [0.2, 0.25) is 5.91 Å². The van der Waals surface area contributed by atoms with Crippen molar-refractivity contribution in [2.24, 2.45) is 0 Å². The molecule has 0 bridgehead atoms. The molecule has 1 saturated heterocycles. The predicted molar refractivity (Wildman–Crippen MR) is 210 cm³/mol. The number of aromatic carboxylic acids is 1. The fourth-order valence-corrected chi connectivity index (χ4v) is 8.88. The van der Waals surface area contributed by atoms with Crippen molar-refractivity contribution in [2.45, 2.75) is 43.8 Å². The second-order valence-electron chi connectivity index (χ2n) is 12.6. The van der Waals surface area contributed by atoms with Crippen molar-refractivity contribution < 1.29 is 52.8 Å². The molecule has 1 fully saturated rings. The Morgan fingerprint density at radius 1 is 0.818 bits per heavy atom. The lowest BCUT2D eigenvalue weighted by Crippen LogP contribution is -2.31. The van der Waals surface area contributed by atoms with Gasteiger partial charge in [-0.1, -0.05) is 28.0 Å². The largest absolute Gasteiger partial charge is 0.484 e. The molecule has 0 spiro atoms. The van der Waals surface area contributed by atoms with Gasteiger partial charge in [-0.05, 0) is 67.3 Å². The molecule has 2 heterocycles. The van der Waals surface area contributed by atoms with Crippen LogP contribution in [0.4, 0.5) is 5.69 Å². The summed E-state index contributed by atoms with van der Waals surface area (Å²) in [6, 6.07) is 13.8. The summed E-state index contributed by atoms with van der Waals surface area (Å²) in [6.45, 7) is 1.54. The van der Waals surface area contributed by atoms with Gasteiger partial charge in [-0.2, -0.15) is 0 Å². The molecule has 5 rings (SSSR count). The van der Waals surface area contributed by atoms with E-state index in [1.807, 2.05) is 21.6 Å². The van der Waals surface area contributed by atoms with Gasteiger partial charge in [0.1, 0.15) is 17.1 Å². The SMILES string of the molecule is O=C(O)CCOCCOCCOCCNC(=O)COc1ccc2c(-c3cc(NC(=O)CCCCC4CCSS4)ccc3C(=O)O)c3ccc(=O)cc-3oc2c1. The molecule has 1 aliphatic carbocycles. The maximum absolute atomic E-state index is 12.9. The molecule has 55 heavy (non-hydrogen) atoms. The van der Waals surface area contributed by atoms with Crippen LogP contribution in [0.15, 0.2) is 63.8 Å². The van der Waals surface area contributed by atoms with Crippen molar-refractivity contribution in [3.8, 4) is 28.2 Å². The molecule has 0 aromatic heterocycles. The summed E-state index contributed by atoms with van der Waals surface area (Å²) in [5, 5.41) is 25.6. The zero-order valence-electron chi connectivity index (χ0n) is 30.2. The fourth-order valence-electron chi connectivity index (χ4n) is 5.86. The van der Waals surface area contributed by atoms with Crippen molar-refractivity contribution in [3.63, 3.8) is 0 Å². The van der Waals surface area contributed by atoms with E-state index in [1.165, 1.54) is 30.4 Å². The van der Waals surface area contributed by atoms with Gasteiger partial charge in [0.05, 0.1) is 51.6 Å². The number of carboxylic acids is 2. The molecule has 2 aliphatic heterocycles. The van der Waals surface area contributed by atoms with E-state index in [0.29, 0.717) is 65.0 Å². The van der Waals surface area contributed by atoms with Crippen molar-refractivity contribution in [1.29, 1.82) is 0 Å². The number of hydrogen-bond donors (Lipinski definition) is 4. The summed E-state index contributed by atoms with van der Waals surface area (Å²) < 4.78 is 27.8. The summed E-state index contributed by atoms with van der Waals surface area (Å²) in [4.78, 5) is 60.7. The maximum atomic E-state index is 12.9. The second-order valence-corrected chi connectivity index (χ2v) is 15.4. The maximum Gasteiger partial charge on any atom is 0.336 e. The Bertz CT molecular complexity index is 1960. The lowest BCUT2D eigenvalue weighted by Gasteiger charge is -2.18. The van der Waals surface area contributed by atoms with Crippen molar-refractivity contribution in [1.82, 2.24) is 5.32 Å². The third kappa shape index (κ3) is 13.0. The number of anilines is 1. The normalized spacial score (nSPS) is 13.9. The van der Waals surface area contributed by atoms with E-state index in [-0.39, 0.29) is 73.5 Å². The Labute approximate surface area is 325 Å². The first-order valence-electron chi connectivity index (χ1n) is 18.0. The molecule has 0 saturated carbocycles. The Morgan fingerprint density at radius 3 is 2.35 bits per heavy atom. The number of benzene rings is 3. The zero-order chi connectivity index (χ0) is 39.0. The first-order valence-corrected chi connectivity index (χ1v) is 20.4. The molecule has 3 aliphatic rings. The fraction of sp³-hybridized carbons (Fsp3) is 0.410. The number of amides is 2. The molecule has 2 aromatic rings. The van der Waals surface area contributed by atoms with E-state index in [0.717, 1.165) is 19.3 Å². The van der Waals surface area contributed by atoms with Gasteiger partial charge in [0.25, 0.3) is 5.91 Å². The van der Waals surface area contributed by atoms with Gasteiger partial charge in [-0.15, -0.1) is 0 Å². The number of carbonyl (C=O) groups is 4. The lowest BCUT2D eigenvalue weighted by molar-refractivity contribution is -0.138. The highest BCUT2D eigenvalue weighted by molar-refractivity contribution is 8.77. The monoisotopic (exact) mass is 796 g/mol. The highest BCUT2D eigenvalue weighted by atomic mass is 33.1. The summed E-state index contributed by atoms with van der Waals surface area (Å²) in [5.41, 5.74) is 1.76. The van der Waals surface area contributed by atoms with E-state index >= 15 is 0 Å². The van der Waals surface area contributed by atoms with Crippen LogP contribution < -0.4 is 20.8 Å². The average molecular weight is 797 g/mol. The molecule has 294 valence electrons. The average Bonchev–Trinajstić information content (AvgIpc) is 3.68. The summed E-state index contributed by atoms with van der Waals surface area (Å²) in [7, 11) is 3.82. The van der Waals surface area contributed by atoms with Gasteiger partial charge in [-0.3, -0.25) is 19.2 Å². The zero-order valence-corrected chi connectivity index (χ0v) is 31.8. The molecule has 2 aromatic carbocycles. The highest BCUT2D eigenvalue weighted by Gasteiger charge is 2.23. The van der Waals surface area contributed by atoms with Crippen LogP contribution in [0, 0.1) is 0 Å². The quantitative estimate of drug-likeness (QED) is 0.0391. The van der Waals surface area contributed by atoms with Crippen molar-refractivity contribution in [3.05, 3.63) is 70.4 Å². The summed E-state index contributed by atoms with van der Waals surface area (Å²) in [5.74, 6) is -0.926. The number of nitrogens with one attached hydrogen (secondary N) is 2. The van der Waals surface area contributed by atoms with Gasteiger partial charge in [-0.25, -0.2) is 4.79 Å². The number of carboxylic acid groups (broad SMARTS) is 2. The number of unbranched alkanes of at least 4 members (excludes halogenated alkanes) is 1. The van der Waals surface area contributed by atoms with Crippen LogP contribution in [0.1, 0.15) is 48.9 Å². The van der Waals surface area contributed by atoms with Crippen LogP contribution in [-0.2, 0) is 28.6 Å². The minimum Gasteiger partial charge on any atom is -0.484 e.